The summed E-state index contributed by atoms with van der Waals surface area (Å²) in [5.41, 5.74) is -2.06. The van der Waals surface area contributed by atoms with Gasteiger partial charge in [-0.1, -0.05) is 0 Å². The summed E-state index contributed by atoms with van der Waals surface area (Å²) >= 11 is 0. The van der Waals surface area contributed by atoms with Crippen molar-refractivity contribution in [1.29, 1.82) is 0 Å². The Balaban J connectivity index is 2.90. The Morgan fingerprint density at radius 3 is 2.53 bits per heavy atom. The second-order valence-electron chi connectivity index (χ2n) is 5.48. The van der Waals surface area contributed by atoms with Gasteiger partial charge >= 0.3 is 12.1 Å². The molecule has 1 amide bonds. The minimum absolute atomic E-state index is 0.0499. The lowest BCUT2D eigenvalue weighted by Gasteiger charge is -2.40. The summed E-state index contributed by atoms with van der Waals surface area (Å²) in [6, 6.07) is 0. The fourth-order valence-corrected chi connectivity index (χ4v) is 1.82. The van der Waals surface area contributed by atoms with E-state index in [2.05, 4.69) is 0 Å². The van der Waals surface area contributed by atoms with E-state index >= 15 is 0 Å². The maximum atomic E-state index is 12.2. The van der Waals surface area contributed by atoms with Crippen molar-refractivity contribution < 1.29 is 28.9 Å². The first-order valence-electron chi connectivity index (χ1n) is 6.04. The van der Waals surface area contributed by atoms with E-state index in [1.165, 1.54) is 7.11 Å². The van der Waals surface area contributed by atoms with Gasteiger partial charge in [-0.05, 0) is 20.8 Å². The first-order valence-corrected chi connectivity index (χ1v) is 6.04. The van der Waals surface area contributed by atoms with Crippen molar-refractivity contribution in [3.63, 3.8) is 0 Å². The number of carbonyl (C=O) groups is 2. The van der Waals surface area contributed by atoms with E-state index in [0.717, 1.165) is 4.90 Å². The molecule has 0 aromatic rings. The van der Waals surface area contributed by atoms with Crippen LogP contribution in [0.5, 0.6) is 0 Å². The van der Waals surface area contributed by atoms with E-state index in [9.17, 15) is 9.59 Å². The van der Waals surface area contributed by atoms with Crippen LogP contribution in [0.3, 0.4) is 0 Å². The minimum atomic E-state index is -1.39. The second-order valence-corrected chi connectivity index (χ2v) is 5.48. The Hall–Kier alpha value is -1.34. The predicted octanol–water partition coefficient (Wildman–Crippen LogP) is 0.724. The largest absolute Gasteiger partial charge is 0.465 e. The molecule has 7 heteroatoms. The average Bonchev–Trinajstić information content (AvgIpc) is 2.27. The molecule has 0 spiro atoms. The van der Waals surface area contributed by atoms with Crippen LogP contribution in [0.25, 0.3) is 0 Å². The van der Waals surface area contributed by atoms with Gasteiger partial charge in [-0.15, -0.1) is 0 Å². The molecule has 110 valence electrons. The lowest BCUT2D eigenvalue weighted by molar-refractivity contribution is -0.200. The Kier molecular flexibility index (Phi) is 4.75. The lowest BCUT2D eigenvalue weighted by atomic mass is 10.0. The van der Waals surface area contributed by atoms with Gasteiger partial charge < -0.3 is 24.2 Å². The first kappa shape index (κ1) is 15.7. The maximum absolute atomic E-state index is 12.2. The number of ether oxygens (including phenoxy) is 3. The number of hydrogen-bond acceptors (Lipinski definition) is 5. The summed E-state index contributed by atoms with van der Waals surface area (Å²) in [5.74, 6) is -0.604. The summed E-state index contributed by atoms with van der Waals surface area (Å²) in [5, 5.41) is 9.03. The zero-order valence-corrected chi connectivity index (χ0v) is 11.8. The van der Waals surface area contributed by atoms with Crippen molar-refractivity contribution >= 4 is 12.1 Å². The quantitative estimate of drug-likeness (QED) is 0.764. The summed E-state index contributed by atoms with van der Waals surface area (Å²) in [6.45, 7) is 5.44. The van der Waals surface area contributed by atoms with Gasteiger partial charge in [0.1, 0.15) is 5.60 Å². The van der Waals surface area contributed by atoms with E-state index in [0.29, 0.717) is 0 Å². The second kappa shape index (κ2) is 5.75. The molecule has 0 aromatic heterocycles. The number of nitrogens with zero attached hydrogens (tertiary/aromatic N) is 1. The number of morpholine rings is 1. The highest BCUT2D eigenvalue weighted by molar-refractivity contribution is 5.81. The van der Waals surface area contributed by atoms with E-state index in [1.54, 1.807) is 20.8 Å². The Bertz CT molecular complexity index is 347. The molecule has 1 fully saturated rings. The van der Waals surface area contributed by atoms with Crippen LogP contribution in [0.4, 0.5) is 4.79 Å². The first-order chi connectivity index (χ1) is 8.70. The van der Waals surface area contributed by atoms with Gasteiger partial charge in [-0.2, -0.15) is 0 Å². The highest BCUT2D eigenvalue weighted by Crippen LogP contribution is 2.23. The summed E-state index contributed by atoms with van der Waals surface area (Å²) in [6.07, 6.45) is -1.09. The molecular formula is C12H21NO6. The van der Waals surface area contributed by atoms with Gasteiger partial charge in [0.2, 0.25) is 5.60 Å². The number of methoxy groups -OCH3 is 1. The molecule has 1 aliphatic rings. The monoisotopic (exact) mass is 275 g/mol. The molecule has 1 atom stereocenters. The summed E-state index contributed by atoms with van der Waals surface area (Å²) < 4.78 is 15.8. The van der Waals surface area contributed by atoms with Crippen LogP contribution in [0.15, 0.2) is 0 Å². The standard InChI is InChI=1S/C12H21NO6/c1-11(2,3)19-9(14)12(8-17-4)7-13(10(15)16)5-6-18-12/h5-8H2,1-4H3,(H,15,16). The number of rotatable bonds is 3. The van der Waals surface area contributed by atoms with Crippen LogP contribution in [0, 0.1) is 0 Å². The van der Waals surface area contributed by atoms with Crippen LogP contribution in [-0.4, -0.2) is 66.7 Å². The van der Waals surface area contributed by atoms with E-state index < -0.39 is 23.3 Å². The van der Waals surface area contributed by atoms with Crippen LogP contribution in [0.2, 0.25) is 0 Å². The van der Waals surface area contributed by atoms with E-state index in [1.807, 2.05) is 0 Å². The number of carboxylic acid groups (broad SMARTS) is 1. The third kappa shape index (κ3) is 4.07. The van der Waals surface area contributed by atoms with Crippen LogP contribution >= 0.6 is 0 Å². The smallest absolute Gasteiger partial charge is 0.407 e. The highest BCUT2D eigenvalue weighted by Gasteiger charge is 2.48. The summed E-state index contributed by atoms with van der Waals surface area (Å²) in [4.78, 5) is 24.4. The van der Waals surface area contributed by atoms with Gasteiger partial charge in [-0.3, -0.25) is 0 Å². The molecule has 0 saturated carbocycles. The topological polar surface area (TPSA) is 85.3 Å². The zero-order chi connectivity index (χ0) is 14.7. The molecule has 0 radical (unpaired) electrons. The number of carbonyl (C=O) groups excluding carboxylic acids is 1. The van der Waals surface area contributed by atoms with E-state index in [4.69, 9.17) is 19.3 Å². The SMILES string of the molecule is COCC1(C(=O)OC(C)(C)C)CN(C(=O)O)CCO1. The predicted molar refractivity (Wildman–Crippen MR) is 66.0 cm³/mol. The molecule has 0 aromatic carbocycles. The van der Waals surface area contributed by atoms with Crippen molar-refractivity contribution in [2.75, 3.05) is 33.4 Å². The van der Waals surface area contributed by atoms with Crippen LogP contribution in [-0.2, 0) is 19.0 Å². The Morgan fingerprint density at radius 2 is 2.05 bits per heavy atom. The van der Waals surface area contributed by atoms with Gasteiger partial charge in [0.15, 0.2) is 0 Å². The Labute approximate surface area is 112 Å². The minimum Gasteiger partial charge on any atom is -0.465 e. The Morgan fingerprint density at radius 1 is 1.42 bits per heavy atom. The molecule has 7 nitrogen and oxygen atoms in total. The van der Waals surface area contributed by atoms with Crippen molar-refractivity contribution in [3.05, 3.63) is 0 Å². The number of amides is 1. The van der Waals surface area contributed by atoms with Crippen LogP contribution < -0.4 is 0 Å². The molecule has 19 heavy (non-hydrogen) atoms. The van der Waals surface area contributed by atoms with Gasteiger partial charge in [-0.25, -0.2) is 9.59 Å². The number of esters is 1. The molecule has 1 saturated heterocycles. The van der Waals surface area contributed by atoms with Crippen molar-refractivity contribution in [2.45, 2.75) is 32.0 Å². The highest BCUT2D eigenvalue weighted by atomic mass is 16.6. The normalized spacial score (nSPS) is 24.1. The van der Waals surface area contributed by atoms with E-state index in [-0.39, 0.29) is 26.3 Å². The van der Waals surface area contributed by atoms with Gasteiger partial charge in [0, 0.05) is 13.7 Å². The maximum Gasteiger partial charge on any atom is 0.407 e. The van der Waals surface area contributed by atoms with Gasteiger partial charge in [0.25, 0.3) is 0 Å². The molecule has 1 unspecified atom stereocenters. The molecule has 1 N–H and O–H groups in total. The molecule has 1 rings (SSSR count). The molecule has 1 aliphatic heterocycles. The molecule has 1 heterocycles. The summed E-state index contributed by atoms with van der Waals surface area (Å²) in [7, 11) is 1.43. The van der Waals surface area contributed by atoms with Crippen molar-refractivity contribution in [1.82, 2.24) is 4.90 Å². The van der Waals surface area contributed by atoms with Gasteiger partial charge in [0.05, 0.1) is 19.8 Å². The van der Waals surface area contributed by atoms with Crippen molar-refractivity contribution in [2.24, 2.45) is 0 Å². The fraction of sp³-hybridized carbons (Fsp3) is 0.833. The average molecular weight is 275 g/mol. The van der Waals surface area contributed by atoms with Crippen molar-refractivity contribution in [3.8, 4) is 0 Å². The third-order valence-electron chi connectivity index (χ3n) is 2.60. The number of hydrogen-bond donors (Lipinski definition) is 1. The molecular weight excluding hydrogens is 254 g/mol. The lowest BCUT2D eigenvalue weighted by Crippen LogP contribution is -2.61. The fourth-order valence-electron chi connectivity index (χ4n) is 1.82. The van der Waals surface area contributed by atoms with Crippen LogP contribution in [0.1, 0.15) is 20.8 Å². The molecule has 0 bridgehead atoms. The zero-order valence-electron chi connectivity index (χ0n) is 11.8. The molecule has 0 aliphatic carbocycles. The third-order valence-corrected chi connectivity index (χ3v) is 2.60.